The second kappa shape index (κ2) is 10.7. The van der Waals surface area contributed by atoms with Gasteiger partial charge in [0.2, 0.25) is 0 Å². The van der Waals surface area contributed by atoms with Crippen LogP contribution in [0.5, 0.6) is 0 Å². The summed E-state index contributed by atoms with van der Waals surface area (Å²) in [6.45, 7) is 7.49. The zero-order valence-electron chi connectivity index (χ0n) is 11.2. The number of nitrogens with one attached hydrogen (secondary N) is 1. The topological polar surface area (TPSA) is 27.6 Å². The standard InChI is InChI=1S/C13H27N3/c1-5-7-8-9-10-15-13(3)16(11-6-2)12-14-4/h6,11-13,15H,5,7-10H2,1-4H3/b11-6-,14-12?. The molecule has 1 atom stereocenters. The quantitative estimate of drug-likeness (QED) is 0.283. The molecule has 3 nitrogen and oxygen atoms in total. The zero-order chi connectivity index (χ0) is 12.2. The van der Waals surface area contributed by atoms with E-state index in [1.807, 2.05) is 25.5 Å². The molecule has 0 aliphatic rings. The average Bonchev–Trinajstić information content (AvgIpc) is 2.28. The molecule has 1 unspecified atom stereocenters. The Labute approximate surface area is 101 Å². The third kappa shape index (κ3) is 7.46. The molecule has 0 rings (SSSR count). The predicted octanol–water partition coefficient (Wildman–Crippen LogP) is 3.00. The molecule has 0 amide bonds. The maximum Gasteiger partial charge on any atom is 0.0899 e. The Hall–Kier alpha value is -0.830. The molecule has 0 radical (unpaired) electrons. The van der Waals surface area contributed by atoms with Crippen molar-refractivity contribution in [2.45, 2.75) is 52.6 Å². The summed E-state index contributed by atoms with van der Waals surface area (Å²) >= 11 is 0. The van der Waals surface area contributed by atoms with Crippen molar-refractivity contribution < 1.29 is 0 Å². The SMILES string of the molecule is C/C=C\N(C=NC)C(C)NCCCCCC. The van der Waals surface area contributed by atoms with Crippen LogP contribution in [0.25, 0.3) is 0 Å². The molecule has 0 spiro atoms. The molecule has 0 saturated heterocycles. The summed E-state index contributed by atoms with van der Waals surface area (Å²) in [5.41, 5.74) is 0. The minimum Gasteiger partial charge on any atom is -0.324 e. The number of hydrogen-bond donors (Lipinski definition) is 1. The Morgan fingerprint density at radius 1 is 1.31 bits per heavy atom. The van der Waals surface area contributed by atoms with Crippen LogP contribution in [0, 0.1) is 0 Å². The second-order valence-corrected chi connectivity index (χ2v) is 3.99. The molecular weight excluding hydrogens is 198 g/mol. The molecule has 0 aliphatic heterocycles. The lowest BCUT2D eigenvalue weighted by molar-refractivity contribution is 0.360. The molecule has 94 valence electrons. The van der Waals surface area contributed by atoms with E-state index in [0.29, 0.717) is 6.17 Å². The molecule has 0 heterocycles. The molecule has 0 aromatic carbocycles. The van der Waals surface area contributed by atoms with Crippen LogP contribution in [0.4, 0.5) is 0 Å². The van der Waals surface area contributed by atoms with Crippen molar-refractivity contribution in [2.75, 3.05) is 13.6 Å². The highest BCUT2D eigenvalue weighted by atomic mass is 15.3. The van der Waals surface area contributed by atoms with Crippen molar-refractivity contribution in [3.05, 3.63) is 12.3 Å². The van der Waals surface area contributed by atoms with Crippen molar-refractivity contribution in [1.29, 1.82) is 0 Å². The third-order valence-electron chi connectivity index (χ3n) is 2.49. The van der Waals surface area contributed by atoms with Gasteiger partial charge in [0.25, 0.3) is 0 Å². The van der Waals surface area contributed by atoms with E-state index in [2.05, 4.69) is 29.1 Å². The van der Waals surface area contributed by atoms with Gasteiger partial charge in [0, 0.05) is 13.2 Å². The van der Waals surface area contributed by atoms with Gasteiger partial charge in [-0.3, -0.25) is 10.3 Å². The number of hydrogen-bond acceptors (Lipinski definition) is 2. The van der Waals surface area contributed by atoms with Gasteiger partial charge in [-0.2, -0.15) is 0 Å². The van der Waals surface area contributed by atoms with Crippen molar-refractivity contribution in [1.82, 2.24) is 10.2 Å². The summed E-state index contributed by atoms with van der Waals surface area (Å²) in [5, 5.41) is 3.49. The van der Waals surface area contributed by atoms with Gasteiger partial charge >= 0.3 is 0 Å². The van der Waals surface area contributed by atoms with Gasteiger partial charge in [0.05, 0.1) is 12.5 Å². The van der Waals surface area contributed by atoms with Crippen LogP contribution < -0.4 is 5.32 Å². The fourth-order valence-corrected chi connectivity index (χ4v) is 1.54. The Morgan fingerprint density at radius 2 is 2.06 bits per heavy atom. The van der Waals surface area contributed by atoms with Gasteiger partial charge in [-0.05, 0) is 26.8 Å². The van der Waals surface area contributed by atoms with Gasteiger partial charge in [-0.25, -0.2) is 0 Å². The molecule has 0 fully saturated rings. The predicted molar refractivity (Wildman–Crippen MR) is 72.7 cm³/mol. The Balaban J connectivity index is 3.78. The highest BCUT2D eigenvalue weighted by Crippen LogP contribution is 1.99. The number of allylic oxidation sites excluding steroid dienone is 1. The van der Waals surface area contributed by atoms with Gasteiger partial charge in [0.15, 0.2) is 0 Å². The van der Waals surface area contributed by atoms with Crippen LogP contribution in [-0.2, 0) is 0 Å². The van der Waals surface area contributed by atoms with E-state index < -0.39 is 0 Å². The smallest absolute Gasteiger partial charge is 0.0899 e. The first-order chi connectivity index (χ1) is 7.76. The summed E-state index contributed by atoms with van der Waals surface area (Å²) in [5.74, 6) is 0. The average molecular weight is 225 g/mol. The van der Waals surface area contributed by atoms with E-state index >= 15 is 0 Å². The van der Waals surface area contributed by atoms with Gasteiger partial charge < -0.3 is 4.90 Å². The first kappa shape index (κ1) is 15.2. The molecule has 0 bridgehead atoms. The molecule has 3 heteroatoms. The van der Waals surface area contributed by atoms with Gasteiger partial charge in [-0.1, -0.05) is 32.3 Å². The molecule has 0 aliphatic carbocycles. The van der Waals surface area contributed by atoms with Crippen molar-refractivity contribution in [3.63, 3.8) is 0 Å². The van der Waals surface area contributed by atoms with E-state index in [4.69, 9.17) is 0 Å². The minimum atomic E-state index is 0.307. The zero-order valence-corrected chi connectivity index (χ0v) is 11.2. The molecule has 16 heavy (non-hydrogen) atoms. The van der Waals surface area contributed by atoms with Crippen LogP contribution >= 0.6 is 0 Å². The number of rotatable bonds is 9. The summed E-state index contributed by atoms with van der Waals surface area (Å²) in [6.07, 6.45) is 11.4. The van der Waals surface area contributed by atoms with Crippen LogP contribution in [0.3, 0.4) is 0 Å². The summed E-state index contributed by atoms with van der Waals surface area (Å²) in [6, 6.07) is 0. The van der Waals surface area contributed by atoms with Crippen LogP contribution in [0.15, 0.2) is 17.3 Å². The van der Waals surface area contributed by atoms with E-state index in [-0.39, 0.29) is 0 Å². The molecule has 0 aromatic heterocycles. The maximum absolute atomic E-state index is 4.04. The number of aliphatic imine (C=N–C) groups is 1. The van der Waals surface area contributed by atoms with Gasteiger partial charge in [0.1, 0.15) is 0 Å². The van der Waals surface area contributed by atoms with Crippen LogP contribution in [-0.4, -0.2) is 31.0 Å². The largest absolute Gasteiger partial charge is 0.324 e. The lowest BCUT2D eigenvalue weighted by atomic mass is 10.2. The van der Waals surface area contributed by atoms with E-state index in [0.717, 1.165) is 6.54 Å². The lowest BCUT2D eigenvalue weighted by Gasteiger charge is -2.24. The maximum atomic E-state index is 4.04. The molecule has 0 saturated carbocycles. The first-order valence-corrected chi connectivity index (χ1v) is 6.32. The van der Waals surface area contributed by atoms with Crippen molar-refractivity contribution in [3.8, 4) is 0 Å². The van der Waals surface area contributed by atoms with E-state index in [1.165, 1.54) is 25.7 Å². The second-order valence-electron chi connectivity index (χ2n) is 3.99. The highest BCUT2D eigenvalue weighted by molar-refractivity contribution is 5.56. The third-order valence-corrected chi connectivity index (χ3v) is 2.49. The van der Waals surface area contributed by atoms with E-state index in [9.17, 15) is 0 Å². The minimum absolute atomic E-state index is 0.307. The highest BCUT2D eigenvalue weighted by Gasteiger charge is 2.05. The van der Waals surface area contributed by atoms with E-state index in [1.54, 1.807) is 7.05 Å². The van der Waals surface area contributed by atoms with Crippen molar-refractivity contribution in [2.24, 2.45) is 4.99 Å². The van der Waals surface area contributed by atoms with Crippen LogP contribution in [0.1, 0.15) is 46.5 Å². The lowest BCUT2D eigenvalue weighted by Crippen LogP contribution is -2.40. The Morgan fingerprint density at radius 3 is 2.62 bits per heavy atom. The summed E-state index contributed by atoms with van der Waals surface area (Å²) < 4.78 is 0. The van der Waals surface area contributed by atoms with Crippen molar-refractivity contribution >= 4 is 6.34 Å². The fourth-order valence-electron chi connectivity index (χ4n) is 1.54. The summed E-state index contributed by atoms with van der Waals surface area (Å²) in [4.78, 5) is 6.13. The normalized spacial score (nSPS) is 13.8. The fraction of sp³-hybridized carbons (Fsp3) is 0.769. The molecular formula is C13H27N3. The monoisotopic (exact) mass is 225 g/mol. The van der Waals surface area contributed by atoms with Gasteiger partial charge in [-0.15, -0.1) is 0 Å². The first-order valence-electron chi connectivity index (χ1n) is 6.32. The molecule has 1 N–H and O–H groups in total. The Bertz CT molecular complexity index is 187. The number of nitrogens with zero attached hydrogens (tertiary/aromatic N) is 2. The summed E-state index contributed by atoms with van der Waals surface area (Å²) in [7, 11) is 1.80. The molecule has 0 aromatic rings. The van der Waals surface area contributed by atoms with Crippen LogP contribution in [0.2, 0.25) is 0 Å². The Kier molecular flexibility index (Phi) is 10.1. The number of unbranched alkanes of at least 4 members (excludes halogenated alkanes) is 3.